The van der Waals surface area contributed by atoms with E-state index >= 15 is 0 Å². The molecule has 4 heteroatoms. The molecular formula is C11H20N2O2. The molecule has 0 aliphatic carbocycles. The number of rotatable bonds is 8. The lowest BCUT2D eigenvalue weighted by Crippen LogP contribution is -2.08. The Bertz CT molecular complexity index is 261. The second-order valence-electron chi connectivity index (χ2n) is 3.40. The van der Waals surface area contributed by atoms with Crippen LogP contribution in [0.1, 0.15) is 5.56 Å². The Labute approximate surface area is 91.0 Å². The van der Waals surface area contributed by atoms with E-state index in [0.717, 1.165) is 19.6 Å². The first kappa shape index (κ1) is 12.2. The molecule has 0 saturated heterocycles. The van der Waals surface area contributed by atoms with Crippen LogP contribution in [0.5, 0.6) is 0 Å². The summed E-state index contributed by atoms with van der Waals surface area (Å²) >= 11 is 0. The second-order valence-corrected chi connectivity index (χ2v) is 3.40. The van der Waals surface area contributed by atoms with Crippen LogP contribution in [0.3, 0.4) is 0 Å². The van der Waals surface area contributed by atoms with Crippen molar-refractivity contribution < 1.29 is 9.47 Å². The van der Waals surface area contributed by atoms with Crippen LogP contribution < -0.4 is 5.73 Å². The average molecular weight is 212 g/mol. The zero-order chi connectivity index (χ0) is 10.9. The van der Waals surface area contributed by atoms with Crippen molar-refractivity contribution in [3.05, 3.63) is 24.0 Å². The summed E-state index contributed by atoms with van der Waals surface area (Å²) in [4.78, 5) is 0. The molecule has 0 amide bonds. The highest BCUT2D eigenvalue weighted by Gasteiger charge is 1.95. The molecule has 0 spiro atoms. The van der Waals surface area contributed by atoms with E-state index in [9.17, 15) is 0 Å². The highest BCUT2D eigenvalue weighted by molar-refractivity contribution is 5.10. The van der Waals surface area contributed by atoms with Gasteiger partial charge in [-0.05, 0) is 24.6 Å². The van der Waals surface area contributed by atoms with Crippen LogP contribution in [0.4, 0.5) is 0 Å². The molecule has 1 aromatic heterocycles. The Kier molecular flexibility index (Phi) is 6.08. The number of aromatic nitrogens is 1. The fraction of sp³-hybridized carbons (Fsp3) is 0.636. The quantitative estimate of drug-likeness (QED) is 0.644. The fourth-order valence-corrected chi connectivity index (χ4v) is 1.36. The summed E-state index contributed by atoms with van der Waals surface area (Å²) in [5, 5.41) is 0. The van der Waals surface area contributed by atoms with Crippen molar-refractivity contribution in [2.45, 2.75) is 13.0 Å². The van der Waals surface area contributed by atoms with Crippen LogP contribution in [-0.2, 0) is 22.4 Å². The summed E-state index contributed by atoms with van der Waals surface area (Å²) in [5.74, 6) is 0. The monoisotopic (exact) mass is 212 g/mol. The smallest absolute Gasteiger partial charge is 0.0701 e. The molecular weight excluding hydrogens is 192 g/mol. The van der Waals surface area contributed by atoms with Gasteiger partial charge in [0.2, 0.25) is 0 Å². The summed E-state index contributed by atoms with van der Waals surface area (Å²) in [6.07, 6.45) is 5.12. The summed E-state index contributed by atoms with van der Waals surface area (Å²) in [6.45, 7) is 3.63. The lowest BCUT2D eigenvalue weighted by Gasteiger charge is -2.04. The Hall–Kier alpha value is -0.840. The van der Waals surface area contributed by atoms with Crippen LogP contribution in [0.2, 0.25) is 0 Å². The minimum atomic E-state index is 0.657. The van der Waals surface area contributed by atoms with Crippen molar-refractivity contribution >= 4 is 0 Å². The third-order valence-electron chi connectivity index (χ3n) is 2.17. The molecule has 1 aromatic rings. The number of hydrogen-bond acceptors (Lipinski definition) is 3. The molecule has 15 heavy (non-hydrogen) atoms. The molecule has 0 aliphatic heterocycles. The maximum Gasteiger partial charge on any atom is 0.0701 e. The Morgan fingerprint density at radius 1 is 1.33 bits per heavy atom. The first-order valence-corrected chi connectivity index (χ1v) is 5.28. The van der Waals surface area contributed by atoms with Gasteiger partial charge in [-0.15, -0.1) is 0 Å². The predicted octanol–water partition coefficient (Wildman–Crippen LogP) is 0.652. The van der Waals surface area contributed by atoms with Crippen LogP contribution in [0.15, 0.2) is 18.5 Å². The van der Waals surface area contributed by atoms with Crippen molar-refractivity contribution in [3.63, 3.8) is 0 Å². The molecule has 0 saturated carbocycles. The molecule has 0 atom stereocenters. The van der Waals surface area contributed by atoms with Crippen molar-refractivity contribution in [3.8, 4) is 0 Å². The molecule has 86 valence electrons. The molecule has 2 N–H and O–H groups in total. The Balaban J connectivity index is 2.14. The van der Waals surface area contributed by atoms with Crippen LogP contribution in [0.25, 0.3) is 0 Å². The van der Waals surface area contributed by atoms with E-state index in [1.54, 1.807) is 7.11 Å². The third-order valence-corrected chi connectivity index (χ3v) is 2.17. The predicted molar refractivity (Wildman–Crippen MR) is 59.9 cm³/mol. The fourth-order valence-electron chi connectivity index (χ4n) is 1.36. The summed E-state index contributed by atoms with van der Waals surface area (Å²) < 4.78 is 12.4. The average Bonchev–Trinajstić information content (AvgIpc) is 2.66. The van der Waals surface area contributed by atoms with E-state index in [1.165, 1.54) is 5.56 Å². The molecule has 0 aromatic carbocycles. The summed E-state index contributed by atoms with van der Waals surface area (Å²) in [6, 6.07) is 2.10. The Morgan fingerprint density at radius 2 is 2.20 bits per heavy atom. The van der Waals surface area contributed by atoms with Crippen LogP contribution >= 0.6 is 0 Å². The highest BCUT2D eigenvalue weighted by atomic mass is 16.5. The maximum atomic E-state index is 5.48. The standard InChI is InChI=1S/C11H20N2O2/c1-14-8-9-15-7-6-13-5-3-11(10-13)2-4-12/h3,5,10H,2,4,6-9,12H2,1H3. The van der Waals surface area contributed by atoms with E-state index in [-0.39, 0.29) is 0 Å². The summed E-state index contributed by atoms with van der Waals surface area (Å²) in [7, 11) is 1.68. The molecule has 1 rings (SSSR count). The zero-order valence-corrected chi connectivity index (χ0v) is 9.32. The lowest BCUT2D eigenvalue weighted by molar-refractivity contribution is 0.0666. The SMILES string of the molecule is COCCOCCn1ccc(CCN)c1. The number of hydrogen-bond donors (Lipinski definition) is 1. The minimum absolute atomic E-state index is 0.657. The van der Waals surface area contributed by atoms with Gasteiger partial charge in [0.25, 0.3) is 0 Å². The molecule has 0 fully saturated rings. The van der Waals surface area contributed by atoms with Crippen molar-refractivity contribution in [1.82, 2.24) is 4.57 Å². The van der Waals surface area contributed by atoms with E-state index in [4.69, 9.17) is 15.2 Å². The van der Waals surface area contributed by atoms with Crippen LogP contribution in [0, 0.1) is 0 Å². The van der Waals surface area contributed by atoms with Gasteiger partial charge in [0.15, 0.2) is 0 Å². The lowest BCUT2D eigenvalue weighted by atomic mass is 10.2. The van der Waals surface area contributed by atoms with E-state index < -0.39 is 0 Å². The Morgan fingerprint density at radius 3 is 2.93 bits per heavy atom. The van der Waals surface area contributed by atoms with E-state index in [0.29, 0.717) is 19.8 Å². The van der Waals surface area contributed by atoms with Gasteiger partial charge in [0.1, 0.15) is 0 Å². The normalized spacial score (nSPS) is 10.8. The van der Waals surface area contributed by atoms with E-state index in [1.807, 2.05) is 0 Å². The molecule has 0 radical (unpaired) electrons. The van der Waals surface area contributed by atoms with Gasteiger partial charge in [0.05, 0.1) is 19.8 Å². The number of ether oxygens (including phenoxy) is 2. The minimum Gasteiger partial charge on any atom is -0.382 e. The molecule has 0 bridgehead atoms. The number of methoxy groups -OCH3 is 1. The van der Waals surface area contributed by atoms with Gasteiger partial charge >= 0.3 is 0 Å². The van der Waals surface area contributed by atoms with Gasteiger partial charge in [-0.25, -0.2) is 0 Å². The van der Waals surface area contributed by atoms with Gasteiger partial charge < -0.3 is 19.8 Å². The molecule has 0 aliphatic rings. The van der Waals surface area contributed by atoms with Gasteiger partial charge in [-0.1, -0.05) is 0 Å². The van der Waals surface area contributed by atoms with E-state index in [2.05, 4.69) is 23.0 Å². The van der Waals surface area contributed by atoms with Gasteiger partial charge in [-0.3, -0.25) is 0 Å². The third kappa shape index (κ3) is 4.97. The maximum absolute atomic E-state index is 5.48. The first-order valence-electron chi connectivity index (χ1n) is 5.28. The molecule has 1 heterocycles. The highest BCUT2D eigenvalue weighted by Crippen LogP contribution is 2.01. The van der Waals surface area contributed by atoms with Crippen LogP contribution in [-0.4, -0.2) is 38.0 Å². The van der Waals surface area contributed by atoms with Crippen molar-refractivity contribution in [1.29, 1.82) is 0 Å². The molecule has 0 unspecified atom stereocenters. The van der Waals surface area contributed by atoms with Gasteiger partial charge in [0, 0.05) is 26.0 Å². The number of nitrogens with two attached hydrogens (primary N) is 1. The topological polar surface area (TPSA) is 49.4 Å². The molecule has 4 nitrogen and oxygen atoms in total. The first-order chi connectivity index (χ1) is 7.36. The summed E-state index contributed by atoms with van der Waals surface area (Å²) in [5.41, 5.74) is 6.76. The zero-order valence-electron chi connectivity index (χ0n) is 9.32. The number of nitrogens with zero attached hydrogens (tertiary/aromatic N) is 1. The largest absolute Gasteiger partial charge is 0.382 e. The van der Waals surface area contributed by atoms with Crippen molar-refractivity contribution in [2.24, 2.45) is 5.73 Å². The van der Waals surface area contributed by atoms with Crippen molar-refractivity contribution in [2.75, 3.05) is 33.5 Å². The van der Waals surface area contributed by atoms with Gasteiger partial charge in [-0.2, -0.15) is 0 Å². The second kappa shape index (κ2) is 7.45.